The molecule has 0 aliphatic carbocycles. The predicted octanol–water partition coefficient (Wildman–Crippen LogP) is 5.75. The topological polar surface area (TPSA) is 55.8 Å². The van der Waals surface area contributed by atoms with E-state index in [1.807, 2.05) is 19.9 Å². The van der Waals surface area contributed by atoms with Crippen molar-refractivity contribution in [2.75, 3.05) is 14.2 Å². The van der Waals surface area contributed by atoms with Gasteiger partial charge >= 0.3 is 0 Å². The summed E-state index contributed by atoms with van der Waals surface area (Å²) in [5, 5.41) is 9.75. The number of phenols is 1. The van der Waals surface area contributed by atoms with Gasteiger partial charge in [-0.1, -0.05) is 19.1 Å². The van der Waals surface area contributed by atoms with Crippen molar-refractivity contribution >= 4 is 27.8 Å². The number of phenolic OH excluding ortho intramolecular Hbond substituents is 1. The Hall–Kier alpha value is -2.53. The largest absolute Gasteiger partial charge is 0.507 e. The van der Waals surface area contributed by atoms with Crippen LogP contribution in [0.1, 0.15) is 41.3 Å². The minimum Gasteiger partial charge on any atom is -0.507 e. The van der Waals surface area contributed by atoms with E-state index in [1.54, 1.807) is 31.4 Å². The lowest BCUT2D eigenvalue weighted by Gasteiger charge is -2.16. The van der Waals surface area contributed by atoms with Gasteiger partial charge < -0.3 is 14.6 Å². The van der Waals surface area contributed by atoms with Gasteiger partial charge in [-0.3, -0.25) is 4.79 Å². The van der Waals surface area contributed by atoms with Crippen molar-refractivity contribution in [3.63, 3.8) is 0 Å². The molecular weight excluding hydrogens is 408 g/mol. The van der Waals surface area contributed by atoms with E-state index in [-0.39, 0.29) is 17.5 Å². The van der Waals surface area contributed by atoms with E-state index < -0.39 is 0 Å². The van der Waals surface area contributed by atoms with E-state index in [4.69, 9.17) is 9.47 Å². The summed E-state index contributed by atoms with van der Waals surface area (Å²) in [6.45, 7) is 7.98. The summed E-state index contributed by atoms with van der Waals surface area (Å²) in [7, 11) is 3.12. The molecule has 142 valence electrons. The monoisotopic (exact) mass is 430 g/mol. The number of carbonyl (C=O) groups is 1. The highest BCUT2D eigenvalue weighted by Gasteiger charge is 2.15. The van der Waals surface area contributed by atoms with Crippen LogP contribution in [0.3, 0.4) is 0 Å². The van der Waals surface area contributed by atoms with Crippen molar-refractivity contribution in [2.24, 2.45) is 0 Å². The van der Waals surface area contributed by atoms with Gasteiger partial charge in [-0.05, 0) is 59.3 Å². The maximum Gasteiger partial charge on any atom is 0.185 e. The van der Waals surface area contributed by atoms with E-state index in [1.165, 1.54) is 19.3 Å². The summed E-state index contributed by atoms with van der Waals surface area (Å²) in [6.07, 6.45) is 3.15. The lowest BCUT2D eigenvalue weighted by molar-refractivity contribution is 0.104. The molecule has 2 aromatic carbocycles. The zero-order valence-corrected chi connectivity index (χ0v) is 17.5. The van der Waals surface area contributed by atoms with Crippen molar-refractivity contribution in [2.45, 2.75) is 19.8 Å². The highest BCUT2D eigenvalue weighted by molar-refractivity contribution is 9.10. The standard InChI is InChI=1S/C22H23BrO4/c1-13(2)14(3)17-10-15(7-9-21(17)26-4)19(24)8-6-16-11-18(23)20(25)12-22(16)27-5/h6-12,14,25H,1H2,2-5H3/b8-6+. The lowest BCUT2D eigenvalue weighted by Crippen LogP contribution is -2.02. The SMILES string of the molecule is C=C(C)C(C)c1cc(C(=O)/C=C/c2cc(Br)c(O)cc2OC)ccc1OC. The third kappa shape index (κ3) is 4.80. The van der Waals surface area contributed by atoms with Crippen LogP contribution >= 0.6 is 15.9 Å². The smallest absolute Gasteiger partial charge is 0.185 e. The average Bonchev–Trinajstić information content (AvgIpc) is 2.66. The van der Waals surface area contributed by atoms with Crippen molar-refractivity contribution in [1.29, 1.82) is 0 Å². The van der Waals surface area contributed by atoms with Gasteiger partial charge in [0.15, 0.2) is 5.78 Å². The number of benzene rings is 2. The van der Waals surface area contributed by atoms with E-state index in [0.717, 1.165) is 16.9 Å². The number of allylic oxidation sites excluding steroid dienone is 2. The van der Waals surface area contributed by atoms with Gasteiger partial charge in [-0.15, -0.1) is 0 Å². The Morgan fingerprint density at radius 2 is 1.85 bits per heavy atom. The molecule has 0 aromatic heterocycles. The fraction of sp³-hybridized carbons (Fsp3) is 0.227. The third-order valence-corrected chi connectivity index (χ3v) is 5.07. The fourth-order valence-corrected chi connectivity index (χ4v) is 2.98. The molecule has 0 aliphatic rings. The van der Waals surface area contributed by atoms with E-state index in [2.05, 4.69) is 22.5 Å². The molecule has 0 saturated carbocycles. The molecule has 0 amide bonds. The second-order valence-electron chi connectivity index (χ2n) is 6.27. The van der Waals surface area contributed by atoms with Crippen molar-refractivity contribution in [3.05, 3.63) is 69.7 Å². The first kappa shape index (κ1) is 20.8. The van der Waals surface area contributed by atoms with Crippen LogP contribution in [0, 0.1) is 0 Å². The Bertz CT molecular complexity index is 899. The maximum absolute atomic E-state index is 12.7. The first-order valence-electron chi connectivity index (χ1n) is 8.40. The minimum absolute atomic E-state index is 0.0731. The summed E-state index contributed by atoms with van der Waals surface area (Å²) in [5.41, 5.74) is 3.16. The van der Waals surface area contributed by atoms with Gasteiger partial charge in [0.25, 0.3) is 0 Å². The summed E-state index contributed by atoms with van der Waals surface area (Å²) >= 11 is 3.27. The number of carbonyl (C=O) groups excluding carboxylic acids is 1. The number of hydrogen-bond donors (Lipinski definition) is 1. The van der Waals surface area contributed by atoms with Gasteiger partial charge in [-0.2, -0.15) is 0 Å². The number of methoxy groups -OCH3 is 2. The Morgan fingerprint density at radius 1 is 1.19 bits per heavy atom. The van der Waals surface area contributed by atoms with Crippen molar-refractivity contribution < 1.29 is 19.4 Å². The van der Waals surface area contributed by atoms with Crippen LogP contribution in [0.2, 0.25) is 0 Å². The minimum atomic E-state index is -0.140. The number of ether oxygens (including phenoxy) is 2. The van der Waals surface area contributed by atoms with Crippen molar-refractivity contribution in [1.82, 2.24) is 0 Å². The van der Waals surface area contributed by atoms with E-state index in [9.17, 15) is 9.90 Å². The van der Waals surface area contributed by atoms with Crippen molar-refractivity contribution in [3.8, 4) is 17.2 Å². The molecule has 1 N–H and O–H groups in total. The molecule has 0 saturated heterocycles. The molecule has 5 heteroatoms. The lowest BCUT2D eigenvalue weighted by atomic mass is 9.92. The Balaban J connectivity index is 2.36. The molecule has 2 rings (SSSR count). The van der Waals surface area contributed by atoms with Gasteiger partial charge in [0.1, 0.15) is 17.2 Å². The Labute approximate surface area is 168 Å². The Morgan fingerprint density at radius 3 is 2.44 bits per heavy atom. The summed E-state index contributed by atoms with van der Waals surface area (Å²) in [5.74, 6) is 1.22. The molecular formula is C22H23BrO4. The number of hydrogen-bond acceptors (Lipinski definition) is 4. The molecule has 27 heavy (non-hydrogen) atoms. The highest BCUT2D eigenvalue weighted by atomic mass is 79.9. The van der Waals surface area contributed by atoms with Gasteiger partial charge in [0, 0.05) is 28.7 Å². The third-order valence-electron chi connectivity index (χ3n) is 4.43. The first-order valence-corrected chi connectivity index (χ1v) is 9.20. The summed E-state index contributed by atoms with van der Waals surface area (Å²) in [6, 6.07) is 8.57. The summed E-state index contributed by atoms with van der Waals surface area (Å²) < 4.78 is 11.2. The van der Waals surface area contributed by atoms with Crippen LogP contribution in [0.25, 0.3) is 6.08 Å². The molecule has 1 unspecified atom stereocenters. The normalized spacial score (nSPS) is 12.0. The number of halogens is 1. The predicted molar refractivity (Wildman–Crippen MR) is 112 cm³/mol. The first-order chi connectivity index (χ1) is 12.8. The zero-order chi connectivity index (χ0) is 20.1. The van der Waals surface area contributed by atoms with Gasteiger partial charge in [-0.25, -0.2) is 0 Å². The molecule has 0 heterocycles. The fourth-order valence-electron chi connectivity index (χ4n) is 2.62. The maximum atomic E-state index is 12.7. The Kier molecular flexibility index (Phi) is 6.86. The summed E-state index contributed by atoms with van der Waals surface area (Å²) in [4.78, 5) is 12.7. The average molecular weight is 431 g/mol. The highest BCUT2D eigenvalue weighted by Crippen LogP contribution is 2.34. The zero-order valence-electron chi connectivity index (χ0n) is 15.9. The van der Waals surface area contributed by atoms with Crippen LogP contribution < -0.4 is 9.47 Å². The molecule has 0 fully saturated rings. The molecule has 2 aromatic rings. The van der Waals surface area contributed by atoms with E-state index in [0.29, 0.717) is 21.3 Å². The number of aromatic hydroxyl groups is 1. The van der Waals surface area contributed by atoms with Crippen LogP contribution in [0.5, 0.6) is 17.2 Å². The molecule has 1 atom stereocenters. The van der Waals surface area contributed by atoms with Gasteiger partial charge in [0.05, 0.1) is 18.7 Å². The van der Waals surface area contributed by atoms with Gasteiger partial charge in [0.2, 0.25) is 0 Å². The molecule has 0 bridgehead atoms. The van der Waals surface area contributed by atoms with Crippen LogP contribution in [0.4, 0.5) is 0 Å². The second-order valence-corrected chi connectivity index (χ2v) is 7.12. The molecule has 0 spiro atoms. The van der Waals surface area contributed by atoms with Crippen LogP contribution in [-0.4, -0.2) is 25.1 Å². The van der Waals surface area contributed by atoms with E-state index >= 15 is 0 Å². The molecule has 4 nitrogen and oxygen atoms in total. The second kappa shape index (κ2) is 8.91. The number of rotatable bonds is 7. The molecule has 0 radical (unpaired) electrons. The number of ketones is 1. The van der Waals surface area contributed by atoms with Crippen LogP contribution in [-0.2, 0) is 0 Å². The quantitative estimate of drug-likeness (QED) is 0.345. The van der Waals surface area contributed by atoms with Crippen LogP contribution in [0.15, 0.2) is 53.0 Å². The molecule has 0 aliphatic heterocycles.